The zero-order chi connectivity index (χ0) is 20.2. The molecule has 4 rings (SSSR count). The summed E-state index contributed by atoms with van der Waals surface area (Å²) in [6, 6.07) is 21.2. The lowest BCUT2D eigenvalue weighted by Gasteiger charge is -2.06. The molecule has 4 nitrogen and oxygen atoms in total. The van der Waals surface area contributed by atoms with Crippen LogP contribution in [0.1, 0.15) is 17.3 Å². The fraction of sp³-hybridized carbons (Fsp3) is 0.0870. The van der Waals surface area contributed by atoms with Crippen LogP contribution in [0.2, 0.25) is 0 Å². The summed E-state index contributed by atoms with van der Waals surface area (Å²) in [6.45, 7) is 2.05. The van der Waals surface area contributed by atoms with E-state index in [1.807, 2.05) is 48.5 Å². The van der Waals surface area contributed by atoms with Gasteiger partial charge in [-0.05, 0) is 61.3 Å². The molecule has 29 heavy (non-hydrogen) atoms. The maximum atomic E-state index is 13.1. The van der Waals surface area contributed by atoms with Crippen molar-refractivity contribution in [3.63, 3.8) is 0 Å². The van der Waals surface area contributed by atoms with Gasteiger partial charge in [0, 0.05) is 21.5 Å². The number of ether oxygens (including phenoxy) is 1. The van der Waals surface area contributed by atoms with Crippen LogP contribution < -0.4 is 4.72 Å². The van der Waals surface area contributed by atoms with Crippen LogP contribution in [0.3, 0.4) is 0 Å². The van der Waals surface area contributed by atoms with Gasteiger partial charge in [0.2, 0.25) is 0 Å². The van der Waals surface area contributed by atoms with E-state index in [0.29, 0.717) is 22.3 Å². The molecule has 0 spiro atoms. The van der Waals surface area contributed by atoms with Gasteiger partial charge in [-0.15, -0.1) is 0 Å². The number of furan rings is 1. The number of anilines is 1. The predicted molar refractivity (Wildman–Crippen MR) is 113 cm³/mol. The number of esters is 1. The quantitative estimate of drug-likeness (QED) is 0.291. The summed E-state index contributed by atoms with van der Waals surface area (Å²) < 4.78 is 27.6. The van der Waals surface area contributed by atoms with Gasteiger partial charge in [-0.1, -0.05) is 30.3 Å². The second-order valence-electron chi connectivity index (χ2n) is 6.26. The first-order chi connectivity index (χ1) is 14.2. The van der Waals surface area contributed by atoms with Crippen molar-refractivity contribution < 1.29 is 18.3 Å². The van der Waals surface area contributed by atoms with Crippen LogP contribution in [-0.2, 0) is 4.74 Å². The van der Waals surface area contributed by atoms with Crippen molar-refractivity contribution in [1.29, 1.82) is 0 Å². The molecular weight excluding hydrogens is 389 g/mol. The van der Waals surface area contributed by atoms with Gasteiger partial charge in [-0.2, -0.15) is 0 Å². The lowest BCUT2D eigenvalue weighted by atomic mass is 10.1. The minimum absolute atomic E-state index is 0.276. The first-order valence-electron chi connectivity index (χ1n) is 9.13. The number of carbonyl (C=O) groups is 1. The fourth-order valence-corrected chi connectivity index (χ4v) is 3.62. The molecule has 0 saturated carbocycles. The fourth-order valence-electron chi connectivity index (χ4n) is 2.98. The van der Waals surface area contributed by atoms with Crippen molar-refractivity contribution in [3.8, 4) is 11.3 Å². The summed E-state index contributed by atoms with van der Waals surface area (Å²) in [5.41, 5.74) is 2.60. The summed E-state index contributed by atoms with van der Waals surface area (Å²) in [4.78, 5) is 13.6. The van der Waals surface area contributed by atoms with E-state index >= 15 is 0 Å². The van der Waals surface area contributed by atoms with Crippen LogP contribution in [0.25, 0.3) is 22.3 Å². The molecule has 0 aliphatic carbocycles. The highest BCUT2D eigenvalue weighted by Gasteiger charge is 2.23. The Morgan fingerprint density at radius 2 is 1.83 bits per heavy atom. The SMILES string of the molecule is CCOC(=O)c1c(-c2ccccc2)oc2ccc(NSc3ccc(F)cc3)cc12. The first kappa shape index (κ1) is 19.1. The summed E-state index contributed by atoms with van der Waals surface area (Å²) >= 11 is 1.36. The predicted octanol–water partition coefficient (Wildman–Crippen LogP) is 6.53. The Balaban J connectivity index is 1.71. The van der Waals surface area contributed by atoms with E-state index in [1.165, 1.54) is 24.1 Å². The number of benzene rings is 3. The number of halogens is 1. The molecule has 1 aromatic heterocycles. The molecule has 0 unspecified atom stereocenters. The van der Waals surface area contributed by atoms with Crippen molar-refractivity contribution in [3.05, 3.63) is 84.2 Å². The molecular formula is C23H18FNO3S. The average molecular weight is 407 g/mol. The van der Waals surface area contributed by atoms with E-state index in [0.717, 1.165) is 16.1 Å². The molecule has 4 aromatic rings. The number of hydrogen-bond donors (Lipinski definition) is 1. The van der Waals surface area contributed by atoms with Crippen LogP contribution in [0.15, 0.2) is 82.1 Å². The van der Waals surface area contributed by atoms with Gasteiger partial charge >= 0.3 is 5.97 Å². The molecule has 1 N–H and O–H groups in total. The van der Waals surface area contributed by atoms with E-state index in [1.54, 1.807) is 19.1 Å². The maximum absolute atomic E-state index is 13.1. The van der Waals surface area contributed by atoms with Crippen LogP contribution >= 0.6 is 11.9 Å². The van der Waals surface area contributed by atoms with Crippen LogP contribution in [-0.4, -0.2) is 12.6 Å². The Kier molecular flexibility index (Phi) is 5.53. The minimum Gasteiger partial charge on any atom is -0.462 e. The van der Waals surface area contributed by atoms with Crippen LogP contribution in [0.5, 0.6) is 0 Å². The lowest BCUT2D eigenvalue weighted by Crippen LogP contribution is -2.05. The van der Waals surface area contributed by atoms with Gasteiger partial charge in [0.1, 0.15) is 22.7 Å². The largest absolute Gasteiger partial charge is 0.462 e. The zero-order valence-corrected chi connectivity index (χ0v) is 16.5. The third kappa shape index (κ3) is 4.12. The Bertz CT molecular complexity index is 1140. The molecule has 0 saturated heterocycles. The molecule has 146 valence electrons. The molecule has 0 amide bonds. The number of rotatable bonds is 6. The second kappa shape index (κ2) is 8.41. The molecule has 0 aliphatic rings. The Hall–Kier alpha value is -3.25. The number of hydrogen-bond acceptors (Lipinski definition) is 5. The Morgan fingerprint density at radius 3 is 2.55 bits per heavy atom. The van der Waals surface area contributed by atoms with E-state index in [2.05, 4.69) is 4.72 Å². The summed E-state index contributed by atoms with van der Waals surface area (Å²) in [5.74, 6) is -0.211. The standard InChI is InChI=1S/C23H18FNO3S/c1-2-27-23(26)21-19-14-17(25-29-18-11-8-16(24)9-12-18)10-13-20(19)28-22(21)15-6-4-3-5-7-15/h3-14,25H,2H2,1H3. The monoisotopic (exact) mass is 407 g/mol. The minimum atomic E-state index is -0.423. The van der Waals surface area contributed by atoms with E-state index in [-0.39, 0.29) is 12.4 Å². The van der Waals surface area contributed by atoms with Crippen molar-refractivity contribution in [2.75, 3.05) is 11.3 Å². The van der Waals surface area contributed by atoms with E-state index < -0.39 is 5.97 Å². The lowest BCUT2D eigenvalue weighted by molar-refractivity contribution is 0.0529. The van der Waals surface area contributed by atoms with Crippen molar-refractivity contribution in [2.45, 2.75) is 11.8 Å². The summed E-state index contributed by atoms with van der Waals surface area (Å²) in [7, 11) is 0. The van der Waals surface area contributed by atoms with Gasteiger partial charge in [0.05, 0.1) is 6.61 Å². The molecule has 0 fully saturated rings. The highest BCUT2D eigenvalue weighted by molar-refractivity contribution is 8.00. The van der Waals surface area contributed by atoms with Crippen molar-refractivity contribution in [2.24, 2.45) is 0 Å². The average Bonchev–Trinajstić information content (AvgIpc) is 3.13. The van der Waals surface area contributed by atoms with Gasteiger partial charge < -0.3 is 13.9 Å². The Morgan fingerprint density at radius 1 is 1.07 bits per heavy atom. The van der Waals surface area contributed by atoms with Gasteiger partial charge in [0.25, 0.3) is 0 Å². The number of fused-ring (bicyclic) bond motifs is 1. The normalized spacial score (nSPS) is 10.8. The first-order valence-corrected chi connectivity index (χ1v) is 9.95. The van der Waals surface area contributed by atoms with Crippen molar-refractivity contribution in [1.82, 2.24) is 0 Å². The number of nitrogens with one attached hydrogen (secondary N) is 1. The van der Waals surface area contributed by atoms with E-state index in [9.17, 15) is 9.18 Å². The third-order valence-electron chi connectivity index (χ3n) is 4.30. The van der Waals surface area contributed by atoms with Gasteiger partial charge in [-0.25, -0.2) is 9.18 Å². The molecule has 6 heteroatoms. The molecule has 3 aromatic carbocycles. The van der Waals surface area contributed by atoms with Gasteiger partial charge in [-0.3, -0.25) is 0 Å². The Labute approximate surface area is 171 Å². The molecule has 0 atom stereocenters. The second-order valence-corrected chi connectivity index (χ2v) is 7.14. The van der Waals surface area contributed by atoms with E-state index in [4.69, 9.17) is 9.15 Å². The highest BCUT2D eigenvalue weighted by atomic mass is 32.2. The summed E-state index contributed by atoms with van der Waals surface area (Å²) in [6.07, 6.45) is 0. The molecule has 0 radical (unpaired) electrons. The maximum Gasteiger partial charge on any atom is 0.342 e. The third-order valence-corrected chi connectivity index (χ3v) is 5.15. The highest BCUT2D eigenvalue weighted by Crippen LogP contribution is 2.36. The molecule has 0 bridgehead atoms. The van der Waals surface area contributed by atoms with Gasteiger partial charge in [0.15, 0.2) is 0 Å². The topological polar surface area (TPSA) is 51.5 Å². The van der Waals surface area contributed by atoms with Crippen LogP contribution in [0, 0.1) is 5.82 Å². The summed E-state index contributed by atoms with van der Waals surface area (Å²) in [5, 5.41) is 0.673. The molecule has 0 aliphatic heterocycles. The molecule has 1 heterocycles. The van der Waals surface area contributed by atoms with Crippen LogP contribution in [0.4, 0.5) is 10.1 Å². The number of carbonyl (C=O) groups excluding carboxylic acids is 1. The van der Waals surface area contributed by atoms with Crippen molar-refractivity contribution >= 4 is 34.6 Å². The smallest absolute Gasteiger partial charge is 0.342 e. The zero-order valence-electron chi connectivity index (χ0n) is 15.6.